The number of nitrogens with one attached hydrogen (secondary N) is 2. The highest BCUT2D eigenvalue weighted by atomic mass is 35.5. The molecule has 3 aromatic rings. The number of hydrogen-bond donors (Lipinski definition) is 2. The maximum atomic E-state index is 12.6. The fourth-order valence-corrected chi connectivity index (χ4v) is 3.02. The predicted octanol–water partition coefficient (Wildman–Crippen LogP) is 4.59. The van der Waals surface area contributed by atoms with Crippen molar-refractivity contribution in [3.63, 3.8) is 0 Å². The second-order valence-electron chi connectivity index (χ2n) is 7.34. The van der Waals surface area contributed by atoms with Crippen LogP contribution in [0.4, 0.5) is 0 Å². The summed E-state index contributed by atoms with van der Waals surface area (Å²) in [6.45, 7) is 4.56. The topological polar surface area (TPSA) is 100 Å². The second kappa shape index (κ2) is 11.3. The van der Waals surface area contributed by atoms with Crippen molar-refractivity contribution in [2.24, 2.45) is 0 Å². The van der Waals surface area contributed by atoms with Crippen LogP contribution in [-0.4, -0.2) is 41.2 Å². The molecule has 0 saturated carbocycles. The summed E-state index contributed by atoms with van der Waals surface area (Å²) in [6.07, 6.45) is 3.78. The molecular weight excluding hydrogens is 428 g/mol. The van der Waals surface area contributed by atoms with Crippen LogP contribution in [0.25, 0.3) is 11.3 Å². The van der Waals surface area contributed by atoms with E-state index in [1.54, 1.807) is 42.7 Å². The molecule has 1 aromatic carbocycles. The van der Waals surface area contributed by atoms with Crippen molar-refractivity contribution in [2.75, 3.05) is 13.2 Å². The lowest BCUT2D eigenvalue weighted by atomic mass is 10.1. The van der Waals surface area contributed by atoms with Crippen LogP contribution in [-0.2, 0) is 4.74 Å². The van der Waals surface area contributed by atoms with Crippen LogP contribution in [0.5, 0.6) is 5.88 Å². The number of pyridine rings is 1. The number of carbonyl (C=O) groups excluding carboxylic acids is 1. The fourth-order valence-electron chi connectivity index (χ4n) is 2.89. The Morgan fingerprint density at radius 1 is 1.31 bits per heavy atom. The van der Waals surface area contributed by atoms with Crippen LogP contribution in [0.15, 0.2) is 54.9 Å². The molecule has 8 heteroatoms. The van der Waals surface area contributed by atoms with Gasteiger partial charge in [0.05, 0.1) is 5.56 Å². The second-order valence-corrected chi connectivity index (χ2v) is 7.77. The Kier molecular flexibility index (Phi) is 8.26. The van der Waals surface area contributed by atoms with E-state index >= 15 is 0 Å². The van der Waals surface area contributed by atoms with E-state index in [2.05, 4.69) is 28.3 Å². The van der Waals surface area contributed by atoms with Crippen molar-refractivity contribution in [3.05, 3.63) is 71.0 Å². The molecule has 0 aliphatic rings. The smallest absolute Gasteiger partial charge is 0.338 e. The first-order valence-corrected chi connectivity index (χ1v) is 10.7. The molecule has 166 valence electrons. The quantitative estimate of drug-likeness (QED) is 0.436. The summed E-state index contributed by atoms with van der Waals surface area (Å²) < 4.78 is 11.5. The van der Waals surface area contributed by atoms with E-state index in [0.717, 1.165) is 17.7 Å². The Morgan fingerprint density at radius 3 is 2.75 bits per heavy atom. The summed E-state index contributed by atoms with van der Waals surface area (Å²) in [7, 11) is 0. The van der Waals surface area contributed by atoms with E-state index in [0.29, 0.717) is 22.7 Å². The molecular formula is C24H25ClN4O3. The maximum absolute atomic E-state index is 12.6. The van der Waals surface area contributed by atoms with Gasteiger partial charge in [-0.2, -0.15) is 5.26 Å². The third kappa shape index (κ3) is 6.33. The molecule has 3 rings (SSSR count). The lowest BCUT2D eigenvalue weighted by Crippen LogP contribution is -2.39. The first-order chi connectivity index (χ1) is 15.5. The van der Waals surface area contributed by atoms with Crippen molar-refractivity contribution >= 4 is 17.6 Å². The van der Waals surface area contributed by atoms with E-state index in [1.165, 1.54) is 0 Å². The van der Waals surface area contributed by atoms with Gasteiger partial charge in [0.2, 0.25) is 5.88 Å². The molecule has 2 unspecified atom stereocenters. The number of esters is 1. The van der Waals surface area contributed by atoms with Gasteiger partial charge in [0.25, 0.3) is 0 Å². The summed E-state index contributed by atoms with van der Waals surface area (Å²) in [5.41, 5.74) is 2.33. The Hall–Kier alpha value is -3.34. The van der Waals surface area contributed by atoms with Gasteiger partial charge in [0.1, 0.15) is 24.3 Å². The minimum absolute atomic E-state index is 0.0479. The minimum Gasteiger partial charge on any atom is -0.473 e. The molecule has 0 bridgehead atoms. The van der Waals surface area contributed by atoms with Gasteiger partial charge in [0.15, 0.2) is 0 Å². The van der Waals surface area contributed by atoms with E-state index in [9.17, 15) is 10.1 Å². The monoisotopic (exact) mass is 452 g/mol. The van der Waals surface area contributed by atoms with Gasteiger partial charge in [-0.05, 0) is 55.8 Å². The van der Waals surface area contributed by atoms with Gasteiger partial charge < -0.3 is 19.8 Å². The molecule has 32 heavy (non-hydrogen) atoms. The summed E-state index contributed by atoms with van der Waals surface area (Å²) in [6, 6.07) is 14.3. The van der Waals surface area contributed by atoms with Gasteiger partial charge in [-0.25, -0.2) is 9.78 Å². The SMILES string of the molecule is CCC(C)NCC(COc1ncc(-c2ccc[nH]2)cc1C#N)OC(=O)c1ccc(Cl)cc1. The van der Waals surface area contributed by atoms with Gasteiger partial charge in [-0.1, -0.05) is 18.5 Å². The predicted molar refractivity (Wildman–Crippen MR) is 123 cm³/mol. The lowest BCUT2D eigenvalue weighted by Gasteiger charge is -2.21. The fraction of sp³-hybridized carbons (Fsp3) is 0.292. The normalized spacial score (nSPS) is 12.6. The molecule has 2 heterocycles. The summed E-state index contributed by atoms with van der Waals surface area (Å²) >= 11 is 5.90. The Morgan fingerprint density at radius 2 is 2.09 bits per heavy atom. The van der Waals surface area contributed by atoms with Gasteiger partial charge in [-0.15, -0.1) is 0 Å². The first kappa shape index (κ1) is 23.3. The molecule has 0 saturated heterocycles. The van der Waals surface area contributed by atoms with E-state index in [-0.39, 0.29) is 18.5 Å². The highest BCUT2D eigenvalue weighted by molar-refractivity contribution is 6.30. The van der Waals surface area contributed by atoms with Crippen LogP contribution in [0, 0.1) is 11.3 Å². The number of nitriles is 1. The van der Waals surface area contributed by atoms with Gasteiger partial charge in [0, 0.05) is 41.3 Å². The molecule has 0 fully saturated rings. The highest BCUT2D eigenvalue weighted by Gasteiger charge is 2.19. The van der Waals surface area contributed by atoms with Gasteiger partial charge >= 0.3 is 5.97 Å². The summed E-state index contributed by atoms with van der Waals surface area (Å²) in [4.78, 5) is 20.0. The van der Waals surface area contributed by atoms with Crippen molar-refractivity contribution in [2.45, 2.75) is 32.4 Å². The molecule has 0 aliphatic heterocycles. The van der Waals surface area contributed by atoms with E-state index < -0.39 is 12.1 Å². The molecule has 0 amide bonds. The Bertz CT molecular complexity index is 1060. The van der Waals surface area contributed by atoms with Crippen LogP contribution >= 0.6 is 11.6 Å². The van der Waals surface area contributed by atoms with Gasteiger partial charge in [-0.3, -0.25) is 0 Å². The van der Waals surface area contributed by atoms with Crippen molar-refractivity contribution in [1.29, 1.82) is 5.26 Å². The molecule has 0 spiro atoms. The molecule has 7 nitrogen and oxygen atoms in total. The number of carbonyl (C=O) groups is 1. The maximum Gasteiger partial charge on any atom is 0.338 e. The molecule has 2 aromatic heterocycles. The number of halogens is 1. The zero-order valence-corrected chi connectivity index (χ0v) is 18.7. The largest absolute Gasteiger partial charge is 0.473 e. The van der Waals surface area contributed by atoms with Crippen molar-refractivity contribution in [1.82, 2.24) is 15.3 Å². The molecule has 2 atom stereocenters. The van der Waals surface area contributed by atoms with Crippen LogP contribution in [0.3, 0.4) is 0 Å². The number of aromatic amines is 1. The van der Waals surface area contributed by atoms with E-state index in [1.807, 2.05) is 19.1 Å². The average Bonchev–Trinajstić information content (AvgIpc) is 3.35. The zero-order chi connectivity index (χ0) is 22.9. The molecule has 2 N–H and O–H groups in total. The third-order valence-electron chi connectivity index (χ3n) is 4.95. The Labute approximate surface area is 192 Å². The molecule has 0 radical (unpaired) electrons. The first-order valence-electron chi connectivity index (χ1n) is 10.4. The van der Waals surface area contributed by atoms with Crippen LogP contribution < -0.4 is 10.1 Å². The zero-order valence-electron chi connectivity index (χ0n) is 18.0. The highest BCUT2D eigenvalue weighted by Crippen LogP contribution is 2.23. The molecule has 0 aliphatic carbocycles. The van der Waals surface area contributed by atoms with E-state index in [4.69, 9.17) is 21.1 Å². The van der Waals surface area contributed by atoms with Crippen molar-refractivity contribution < 1.29 is 14.3 Å². The lowest BCUT2D eigenvalue weighted by molar-refractivity contribution is 0.0165. The van der Waals surface area contributed by atoms with Crippen LogP contribution in [0.2, 0.25) is 5.02 Å². The van der Waals surface area contributed by atoms with Crippen LogP contribution in [0.1, 0.15) is 36.2 Å². The average molecular weight is 453 g/mol. The summed E-state index contributed by atoms with van der Waals surface area (Å²) in [5, 5.41) is 13.4. The number of aromatic nitrogens is 2. The number of hydrogen-bond acceptors (Lipinski definition) is 6. The van der Waals surface area contributed by atoms with Crippen molar-refractivity contribution in [3.8, 4) is 23.2 Å². The number of rotatable bonds is 10. The minimum atomic E-state index is -0.580. The standard InChI is InChI=1S/C24H25ClN4O3/c1-3-16(2)28-14-21(32-24(30)17-6-8-20(25)9-7-17)15-31-23-18(12-26)11-19(13-29-23)22-5-4-10-27-22/h4-11,13,16,21,27-28H,3,14-15H2,1-2H3. The number of H-pyrrole nitrogens is 1. The Balaban J connectivity index is 1.70. The summed E-state index contributed by atoms with van der Waals surface area (Å²) in [5.74, 6) is -0.282. The number of benzene rings is 1. The number of nitrogens with zero attached hydrogens (tertiary/aromatic N) is 2. The number of ether oxygens (including phenoxy) is 2. The third-order valence-corrected chi connectivity index (χ3v) is 5.20.